The van der Waals surface area contributed by atoms with Crippen LogP contribution >= 0.6 is 0 Å². The van der Waals surface area contributed by atoms with Crippen LogP contribution in [0.4, 0.5) is 0 Å². The second-order valence-corrected chi connectivity index (χ2v) is 12.6. The van der Waals surface area contributed by atoms with Gasteiger partial charge >= 0.3 is 0 Å². The predicted octanol–water partition coefficient (Wildman–Crippen LogP) is 10.8. The van der Waals surface area contributed by atoms with Gasteiger partial charge in [-0.3, -0.25) is 4.98 Å². The molecule has 0 aliphatic rings. The second-order valence-electron chi connectivity index (χ2n) is 12.6. The first-order valence-corrected chi connectivity index (χ1v) is 15.5. The van der Waals surface area contributed by atoms with E-state index in [0.29, 0.717) is 5.41 Å². The fourth-order valence-corrected chi connectivity index (χ4v) is 5.78. The average Bonchev–Trinajstić information content (AvgIpc) is 3.49. The summed E-state index contributed by atoms with van der Waals surface area (Å²) in [5, 5.41) is 3.20. The summed E-state index contributed by atoms with van der Waals surface area (Å²) in [5.74, 6) is 0. The molecule has 0 unspecified atom stereocenters. The Morgan fingerprint density at radius 3 is 2.17 bits per heavy atom. The number of nitrogens with zero attached hydrogens (tertiary/aromatic N) is 3. The van der Waals surface area contributed by atoms with E-state index < -0.39 is 0 Å². The normalized spacial score (nSPS) is 11.2. The van der Waals surface area contributed by atoms with Gasteiger partial charge in [0.15, 0.2) is 0 Å². The molecule has 8 rings (SSSR count). The Kier molecular flexibility index (Phi) is 9.40. The van der Waals surface area contributed by atoms with Gasteiger partial charge in [-0.25, -0.2) is 0 Å². The number of rotatable bonds is 4. The van der Waals surface area contributed by atoms with E-state index >= 15 is 0 Å². The third-order valence-electron chi connectivity index (χ3n) is 7.86. The van der Waals surface area contributed by atoms with Crippen molar-refractivity contribution in [1.29, 1.82) is 0 Å². The Bertz CT molecular complexity index is 2260. The quantitative estimate of drug-likeness (QED) is 0.167. The fraction of sp³-hybridized carbons (Fsp3) is 0.119. The van der Waals surface area contributed by atoms with Gasteiger partial charge in [-0.1, -0.05) is 92.4 Å². The van der Waals surface area contributed by atoms with Crippen LogP contribution in [0.3, 0.4) is 0 Å². The Morgan fingerprint density at radius 2 is 1.40 bits per heavy atom. The minimum absolute atomic E-state index is 0. The molecule has 4 aromatic heterocycles. The SMILES string of the molecule is CC(C)(C)Cc1ccc(-c2ccnc(-c3[c-]cccc3)c2)cc1.[Ir].[c-]1ccc2c(oc3c2ccc2cccnc23)c1-c1ccccn1. The molecule has 5 heteroatoms. The zero-order valence-corrected chi connectivity index (χ0v) is 28.9. The molecule has 0 atom stereocenters. The van der Waals surface area contributed by atoms with Crippen LogP contribution < -0.4 is 0 Å². The summed E-state index contributed by atoms with van der Waals surface area (Å²) in [4.78, 5) is 13.4. The third-order valence-corrected chi connectivity index (χ3v) is 7.86. The van der Waals surface area contributed by atoms with E-state index in [4.69, 9.17) is 4.42 Å². The van der Waals surface area contributed by atoms with Gasteiger partial charge in [-0.05, 0) is 58.1 Å². The summed E-state index contributed by atoms with van der Waals surface area (Å²) >= 11 is 0. The van der Waals surface area contributed by atoms with Gasteiger partial charge in [0.2, 0.25) is 0 Å². The van der Waals surface area contributed by atoms with Crippen LogP contribution in [0.15, 0.2) is 138 Å². The third kappa shape index (κ3) is 7.07. The summed E-state index contributed by atoms with van der Waals surface area (Å²) < 4.78 is 6.22. The molecular formula is C42H33IrN3O-2. The van der Waals surface area contributed by atoms with Crippen molar-refractivity contribution in [3.8, 4) is 33.6 Å². The topological polar surface area (TPSA) is 51.8 Å². The summed E-state index contributed by atoms with van der Waals surface area (Å²) in [7, 11) is 0. The van der Waals surface area contributed by atoms with Crippen LogP contribution in [-0.2, 0) is 26.5 Å². The first kappa shape index (κ1) is 32.0. The maximum absolute atomic E-state index is 6.22. The first-order valence-electron chi connectivity index (χ1n) is 15.5. The zero-order valence-electron chi connectivity index (χ0n) is 26.5. The van der Waals surface area contributed by atoms with Crippen LogP contribution in [0.1, 0.15) is 26.3 Å². The van der Waals surface area contributed by atoms with Crippen molar-refractivity contribution in [2.75, 3.05) is 0 Å². The molecule has 0 amide bonds. The van der Waals surface area contributed by atoms with Crippen molar-refractivity contribution in [1.82, 2.24) is 15.0 Å². The fourth-order valence-electron chi connectivity index (χ4n) is 5.78. The Hall–Kier alpha value is -4.96. The molecule has 47 heavy (non-hydrogen) atoms. The van der Waals surface area contributed by atoms with Gasteiger partial charge in [0, 0.05) is 49.5 Å². The molecule has 0 bridgehead atoms. The van der Waals surface area contributed by atoms with Crippen LogP contribution in [0.25, 0.3) is 66.5 Å². The van der Waals surface area contributed by atoms with Crippen molar-refractivity contribution in [2.45, 2.75) is 27.2 Å². The van der Waals surface area contributed by atoms with Gasteiger partial charge in [0.05, 0.1) is 5.58 Å². The Morgan fingerprint density at radius 1 is 0.617 bits per heavy atom. The minimum Gasteiger partial charge on any atom is -0.498 e. The molecule has 0 saturated carbocycles. The van der Waals surface area contributed by atoms with Gasteiger partial charge < -0.3 is 14.4 Å². The van der Waals surface area contributed by atoms with Crippen LogP contribution in [0.2, 0.25) is 0 Å². The van der Waals surface area contributed by atoms with Crippen molar-refractivity contribution >= 4 is 32.8 Å². The summed E-state index contributed by atoms with van der Waals surface area (Å²) in [6, 6.07) is 45.4. The summed E-state index contributed by atoms with van der Waals surface area (Å²) in [6.45, 7) is 6.81. The number of fused-ring (bicyclic) bond motifs is 5. The zero-order chi connectivity index (χ0) is 31.5. The standard InChI is InChI=1S/C22H22N.C20H11N2O.Ir/c1-22(2,3)16-17-9-11-18(12-10-17)20-13-14-23-21(15-20)19-7-5-4-6-8-19;1-2-11-21-17(8-1)16-7-3-6-14-15-10-9-13-5-4-12-22-18(13)20(15)23-19(14)16;/h4-7,9-15H,16H2,1-3H3;1-6,8-12H;/q2*-1;. The molecule has 4 aromatic carbocycles. The van der Waals surface area contributed by atoms with Crippen molar-refractivity contribution in [2.24, 2.45) is 5.41 Å². The molecule has 233 valence electrons. The molecule has 0 N–H and O–H groups in total. The molecule has 0 aliphatic carbocycles. The van der Waals surface area contributed by atoms with E-state index in [1.54, 1.807) is 12.4 Å². The Balaban J connectivity index is 0.000000161. The largest absolute Gasteiger partial charge is 0.498 e. The second kappa shape index (κ2) is 13.8. The first-order chi connectivity index (χ1) is 22.4. The molecule has 1 radical (unpaired) electrons. The van der Waals surface area contributed by atoms with E-state index in [9.17, 15) is 0 Å². The van der Waals surface area contributed by atoms with E-state index in [1.807, 2.05) is 72.9 Å². The molecule has 0 spiro atoms. The smallest absolute Gasteiger partial charge is 0.147 e. The van der Waals surface area contributed by atoms with Crippen molar-refractivity contribution in [3.05, 3.63) is 152 Å². The van der Waals surface area contributed by atoms with E-state index in [2.05, 4.69) is 96.4 Å². The van der Waals surface area contributed by atoms with E-state index in [1.165, 1.54) is 16.7 Å². The maximum Gasteiger partial charge on any atom is 0.147 e. The maximum atomic E-state index is 6.22. The molecule has 0 saturated heterocycles. The predicted molar refractivity (Wildman–Crippen MR) is 188 cm³/mol. The van der Waals surface area contributed by atoms with Crippen LogP contribution in [0.5, 0.6) is 0 Å². The molecule has 0 aliphatic heterocycles. The van der Waals surface area contributed by atoms with Crippen molar-refractivity contribution < 1.29 is 24.5 Å². The van der Waals surface area contributed by atoms with Crippen LogP contribution in [-0.4, -0.2) is 15.0 Å². The molecular weight excluding hydrogens is 755 g/mol. The molecule has 0 fully saturated rings. The number of furan rings is 1. The van der Waals surface area contributed by atoms with E-state index in [0.717, 1.165) is 61.8 Å². The van der Waals surface area contributed by atoms with Crippen molar-refractivity contribution in [3.63, 3.8) is 0 Å². The number of benzene rings is 4. The van der Waals surface area contributed by atoms with Gasteiger partial charge in [-0.2, -0.15) is 0 Å². The molecule has 4 nitrogen and oxygen atoms in total. The average molecular weight is 788 g/mol. The number of hydrogen-bond donors (Lipinski definition) is 0. The van der Waals surface area contributed by atoms with Gasteiger partial charge in [0.25, 0.3) is 0 Å². The van der Waals surface area contributed by atoms with E-state index in [-0.39, 0.29) is 20.1 Å². The van der Waals surface area contributed by atoms with Gasteiger partial charge in [0.1, 0.15) is 11.1 Å². The monoisotopic (exact) mass is 788 g/mol. The van der Waals surface area contributed by atoms with Gasteiger partial charge in [-0.15, -0.1) is 54.1 Å². The molecule has 4 heterocycles. The number of pyridine rings is 3. The minimum atomic E-state index is 0. The summed E-state index contributed by atoms with van der Waals surface area (Å²) in [6.07, 6.45) is 6.53. The molecule has 8 aromatic rings. The number of hydrogen-bond acceptors (Lipinski definition) is 4. The van der Waals surface area contributed by atoms with Crippen LogP contribution in [0, 0.1) is 17.5 Å². The number of aromatic nitrogens is 3. The summed E-state index contributed by atoms with van der Waals surface area (Å²) in [5.41, 5.74) is 10.3. The Labute approximate surface area is 288 Å².